The minimum absolute atomic E-state index is 0.106. The quantitative estimate of drug-likeness (QED) is 0.752. The highest BCUT2D eigenvalue weighted by atomic mass is 19.4. The highest BCUT2D eigenvalue weighted by Gasteiger charge is 2.37. The van der Waals surface area contributed by atoms with E-state index in [0.29, 0.717) is 12.1 Å². The van der Waals surface area contributed by atoms with Crippen molar-refractivity contribution >= 4 is 5.91 Å². The van der Waals surface area contributed by atoms with Crippen LogP contribution in [0.1, 0.15) is 6.42 Å². The second-order valence-electron chi connectivity index (χ2n) is 4.18. The highest BCUT2D eigenvalue weighted by Crippen LogP contribution is 2.33. The van der Waals surface area contributed by atoms with E-state index in [9.17, 15) is 18.0 Å². The molecule has 0 spiro atoms. The summed E-state index contributed by atoms with van der Waals surface area (Å²) in [6.07, 6.45) is 2.93. The Labute approximate surface area is 96.9 Å². The predicted octanol–water partition coefficient (Wildman–Crippen LogP) is 2.35. The molecule has 5 heteroatoms. The fraction of sp³-hybridized carbons (Fsp3) is 0.417. The molecule has 1 aliphatic heterocycles. The molecule has 0 aromatic carbocycles. The summed E-state index contributed by atoms with van der Waals surface area (Å²) in [5, 5.41) is 2.63. The van der Waals surface area contributed by atoms with Gasteiger partial charge >= 0.3 is 6.18 Å². The number of hydrogen-bond donors (Lipinski definition) is 1. The van der Waals surface area contributed by atoms with Crippen molar-refractivity contribution in [2.24, 2.45) is 11.8 Å². The van der Waals surface area contributed by atoms with Crippen molar-refractivity contribution in [3.63, 3.8) is 0 Å². The number of allylic oxidation sites excluding steroid dienone is 5. The molecule has 0 aromatic heterocycles. The van der Waals surface area contributed by atoms with Gasteiger partial charge < -0.3 is 5.32 Å². The summed E-state index contributed by atoms with van der Waals surface area (Å²) in [6.45, 7) is 0.416. The van der Waals surface area contributed by atoms with Crippen molar-refractivity contribution in [2.45, 2.75) is 12.6 Å². The molecule has 2 atom stereocenters. The van der Waals surface area contributed by atoms with Crippen LogP contribution in [-0.4, -0.2) is 18.6 Å². The summed E-state index contributed by atoms with van der Waals surface area (Å²) in [7, 11) is 0. The van der Waals surface area contributed by atoms with Crippen LogP contribution in [0.25, 0.3) is 0 Å². The first-order valence-electron chi connectivity index (χ1n) is 5.37. The van der Waals surface area contributed by atoms with Crippen molar-refractivity contribution in [2.75, 3.05) is 6.54 Å². The largest absolute Gasteiger partial charge is 0.398 e. The molecule has 0 saturated carbocycles. The van der Waals surface area contributed by atoms with Gasteiger partial charge in [-0.15, -0.1) is 0 Å². The Hall–Kier alpha value is -1.52. The first-order chi connectivity index (χ1) is 7.97. The maximum Gasteiger partial charge on any atom is 0.398 e. The zero-order valence-corrected chi connectivity index (χ0v) is 9.00. The topological polar surface area (TPSA) is 29.1 Å². The van der Waals surface area contributed by atoms with Crippen LogP contribution in [-0.2, 0) is 4.79 Å². The van der Waals surface area contributed by atoms with Crippen molar-refractivity contribution in [3.05, 3.63) is 36.0 Å². The SMILES string of the molecule is O=C1CC(C2=CC(C(F)(F)F)C=CC=C2)CN1. The van der Waals surface area contributed by atoms with Gasteiger partial charge in [0.1, 0.15) is 0 Å². The molecule has 2 nitrogen and oxygen atoms in total. The van der Waals surface area contributed by atoms with Gasteiger partial charge in [-0.25, -0.2) is 0 Å². The lowest BCUT2D eigenvalue weighted by molar-refractivity contribution is -0.148. The van der Waals surface area contributed by atoms with Gasteiger partial charge in [0.15, 0.2) is 0 Å². The maximum atomic E-state index is 12.7. The summed E-state index contributed by atoms with van der Waals surface area (Å²) < 4.78 is 38.0. The number of amides is 1. The van der Waals surface area contributed by atoms with Crippen LogP contribution in [0.15, 0.2) is 36.0 Å². The second kappa shape index (κ2) is 4.39. The van der Waals surface area contributed by atoms with Crippen LogP contribution in [0.4, 0.5) is 13.2 Å². The number of alkyl halides is 3. The average Bonchev–Trinajstić information content (AvgIpc) is 2.53. The van der Waals surface area contributed by atoms with Crippen LogP contribution in [0.3, 0.4) is 0 Å². The molecule has 1 heterocycles. The molecule has 0 radical (unpaired) electrons. The molecule has 17 heavy (non-hydrogen) atoms. The monoisotopic (exact) mass is 243 g/mol. The van der Waals surface area contributed by atoms with E-state index in [4.69, 9.17) is 0 Å². The molecule has 2 unspecified atom stereocenters. The third-order valence-corrected chi connectivity index (χ3v) is 2.92. The van der Waals surface area contributed by atoms with Crippen LogP contribution in [0.2, 0.25) is 0 Å². The van der Waals surface area contributed by atoms with Crippen LogP contribution < -0.4 is 5.32 Å². The zero-order chi connectivity index (χ0) is 12.5. The summed E-state index contributed by atoms with van der Waals surface area (Å²) in [5.74, 6) is -1.82. The zero-order valence-electron chi connectivity index (χ0n) is 9.00. The molecule has 0 bridgehead atoms. The van der Waals surface area contributed by atoms with E-state index in [0.717, 1.165) is 6.08 Å². The van der Waals surface area contributed by atoms with Crippen LogP contribution in [0.5, 0.6) is 0 Å². The summed E-state index contributed by atoms with van der Waals surface area (Å²) in [5.41, 5.74) is 0.579. The number of rotatable bonds is 1. The molecule has 92 valence electrons. The lowest BCUT2D eigenvalue weighted by Crippen LogP contribution is -2.20. The minimum Gasteiger partial charge on any atom is -0.355 e. The Morgan fingerprint density at radius 3 is 2.65 bits per heavy atom. The summed E-state index contributed by atoms with van der Waals surface area (Å²) in [6, 6.07) is 0. The van der Waals surface area contributed by atoms with E-state index < -0.39 is 12.1 Å². The smallest absolute Gasteiger partial charge is 0.355 e. The van der Waals surface area contributed by atoms with Gasteiger partial charge in [0.05, 0.1) is 5.92 Å². The third-order valence-electron chi connectivity index (χ3n) is 2.92. The number of nitrogens with one attached hydrogen (secondary N) is 1. The number of halogens is 3. The lowest BCUT2D eigenvalue weighted by atomic mass is 9.94. The molecule has 0 aromatic rings. The first-order valence-corrected chi connectivity index (χ1v) is 5.37. The fourth-order valence-electron chi connectivity index (χ4n) is 1.99. The average molecular weight is 243 g/mol. The third kappa shape index (κ3) is 2.78. The number of hydrogen-bond acceptors (Lipinski definition) is 1. The number of carbonyl (C=O) groups excluding carboxylic acids is 1. The predicted molar refractivity (Wildman–Crippen MR) is 57.0 cm³/mol. The van der Waals surface area contributed by atoms with Crippen molar-refractivity contribution in [1.29, 1.82) is 0 Å². The van der Waals surface area contributed by atoms with Gasteiger partial charge in [0.2, 0.25) is 5.91 Å². The Morgan fingerprint density at radius 2 is 2.06 bits per heavy atom. The maximum absolute atomic E-state index is 12.7. The Bertz CT molecular complexity index is 406. The van der Waals surface area contributed by atoms with E-state index in [-0.39, 0.29) is 18.2 Å². The molecular weight excluding hydrogens is 231 g/mol. The Kier molecular flexibility index (Phi) is 3.09. The Morgan fingerprint density at radius 1 is 1.29 bits per heavy atom. The van der Waals surface area contributed by atoms with Gasteiger partial charge in [-0.3, -0.25) is 4.79 Å². The van der Waals surface area contributed by atoms with E-state index in [1.165, 1.54) is 12.2 Å². The molecule has 1 fully saturated rings. The molecule has 2 aliphatic rings. The van der Waals surface area contributed by atoms with Gasteiger partial charge in [0.25, 0.3) is 0 Å². The number of carbonyl (C=O) groups is 1. The van der Waals surface area contributed by atoms with Gasteiger partial charge in [-0.2, -0.15) is 13.2 Å². The second-order valence-corrected chi connectivity index (χ2v) is 4.18. The van der Waals surface area contributed by atoms with E-state index >= 15 is 0 Å². The fourth-order valence-corrected chi connectivity index (χ4v) is 1.99. The molecule has 1 amide bonds. The molecular formula is C12H12F3NO. The normalized spacial score (nSPS) is 28.9. The molecule has 2 rings (SSSR count). The standard InChI is InChI=1S/C12H12F3NO/c13-12(14,15)10-4-2-1-3-8(5-10)9-6-11(17)16-7-9/h1-5,9-10H,6-7H2,(H,16,17). The van der Waals surface area contributed by atoms with Crippen LogP contribution in [0, 0.1) is 11.8 Å². The van der Waals surface area contributed by atoms with Crippen molar-refractivity contribution < 1.29 is 18.0 Å². The highest BCUT2D eigenvalue weighted by molar-refractivity contribution is 5.79. The van der Waals surface area contributed by atoms with Gasteiger partial charge in [-0.1, -0.05) is 30.4 Å². The van der Waals surface area contributed by atoms with Gasteiger partial charge in [0, 0.05) is 18.9 Å². The summed E-state index contributed by atoms with van der Waals surface area (Å²) >= 11 is 0. The Balaban J connectivity index is 2.21. The first kappa shape index (κ1) is 12.0. The molecule has 1 aliphatic carbocycles. The van der Waals surface area contributed by atoms with Gasteiger partial charge in [-0.05, 0) is 5.57 Å². The van der Waals surface area contributed by atoms with Crippen LogP contribution >= 0.6 is 0 Å². The van der Waals surface area contributed by atoms with Crippen molar-refractivity contribution in [1.82, 2.24) is 5.32 Å². The molecule has 1 N–H and O–H groups in total. The van der Waals surface area contributed by atoms with E-state index in [2.05, 4.69) is 5.32 Å². The van der Waals surface area contributed by atoms with E-state index in [1.807, 2.05) is 0 Å². The lowest BCUT2D eigenvalue weighted by Gasteiger charge is -2.15. The summed E-state index contributed by atoms with van der Waals surface area (Å²) in [4.78, 5) is 11.1. The van der Waals surface area contributed by atoms with Crippen molar-refractivity contribution in [3.8, 4) is 0 Å². The van der Waals surface area contributed by atoms with E-state index in [1.54, 1.807) is 12.2 Å². The molecule has 1 saturated heterocycles. The minimum atomic E-state index is -4.27.